The minimum absolute atomic E-state index is 0.174. The Bertz CT molecular complexity index is 889. The van der Waals surface area contributed by atoms with E-state index in [1.807, 2.05) is 19.1 Å². The molecule has 1 aliphatic heterocycles. The monoisotopic (exact) mass is 362 g/mol. The van der Waals surface area contributed by atoms with Crippen molar-refractivity contribution >= 4 is 21.6 Å². The van der Waals surface area contributed by atoms with E-state index in [-0.39, 0.29) is 22.2 Å². The zero-order valence-electron chi connectivity index (χ0n) is 14.6. The molecule has 0 bridgehead atoms. The van der Waals surface area contributed by atoms with Gasteiger partial charge in [0.1, 0.15) is 5.69 Å². The molecule has 1 amide bonds. The topological polar surface area (TPSA) is 95.2 Å². The molecule has 0 saturated carbocycles. The molecule has 1 aromatic carbocycles. The van der Waals surface area contributed by atoms with Crippen molar-refractivity contribution in [3.63, 3.8) is 0 Å². The summed E-state index contributed by atoms with van der Waals surface area (Å²) in [5.74, 6) is -0.231. The molecule has 0 unspecified atom stereocenters. The van der Waals surface area contributed by atoms with Gasteiger partial charge in [-0.1, -0.05) is 17.7 Å². The summed E-state index contributed by atoms with van der Waals surface area (Å²) in [5, 5.41) is 6.48. The van der Waals surface area contributed by atoms with Gasteiger partial charge in [-0.3, -0.25) is 14.6 Å². The van der Waals surface area contributed by atoms with Gasteiger partial charge >= 0.3 is 0 Å². The van der Waals surface area contributed by atoms with E-state index in [1.165, 1.54) is 6.20 Å². The largest absolute Gasteiger partial charge is 0.337 e. The predicted molar refractivity (Wildman–Crippen MR) is 95.2 cm³/mol. The molecule has 1 fully saturated rings. The van der Waals surface area contributed by atoms with E-state index in [1.54, 1.807) is 18.7 Å². The summed E-state index contributed by atoms with van der Waals surface area (Å²) < 4.78 is 28.3. The minimum Gasteiger partial charge on any atom is -0.337 e. The maximum Gasteiger partial charge on any atom is 0.274 e. The third kappa shape index (κ3) is 3.39. The third-order valence-corrected chi connectivity index (χ3v) is 6.03. The van der Waals surface area contributed by atoms with Crippen molar-refractivity contribution in [3.05, 3.63) is 40.7 Å². The molecule has 7 nitrogen and oxygen atoms in total. The number of carbonyl (C=O) groups is 1. The lowest BCUT2D eigenvalue weighted by Crippen LogP contribution is -2.29. The molecule has 1 saturated heterocycles. The number of aromatic nitrogens is 2. The van der Waals surface area contributed by atoms with Gasteiger partial charge in [-0.15, -0.1) is 0 Å². The summed E-state index contributed by atoms with van der Waals surface area (Å²) in [6, 6.07) is 3.65. The van der Waals surface area contributed by atoms with Crippen LogP contribution in [-0.2, 0) is 10.0 Å². The number of likely N-dealkylation sites (tertiary alicyclic amines) is 1. The number of hydrogen-bond donors (Lipinski definition) is 2. The van der Waals surface area contributed by atoms with Crippen LogP contribution in [0.2, 0.25) is 0 Å². The summed E-state index contributed by atoms with van der Waals surface area (Å²) in [7, 11) is -3.82. The molecule has 8 heteroatoms. The van der Waals surface area contributed by atoms with Gasteiger partial charge in [0.2, 0.25) is 0 Å². The fourth-order valence-corrected chi connectivity index (χ4v) is 4.90. The molecule has 134 valence electrons. The maximum absolute atomic E-state index is 12.9. The van der Waals surface area contributed by atoms with Crippen molar-refractivity contribution < 1.29 is 13.2 Å². The minimum atomic E-state index is -3.82. The Morgan fingerprint density at radius 3 is 2.36 bits per heavy atom. The molecule has 1 aliphatic rings. The number of carbonyl (C=O) groups excluding carboxylic acids is 1. The quantitative estimate of drug-likeness (QED) is 0.873. The van der Waals surface area contributed by atoms with Gasteiger partial charge in [0.25, 0.3) is 15.9 Å². The number of nitrogens with zero attached hydrogens (tertiary/aromatic N) is 2. The predicted octanol–water partition coefficient (Wildman–Crippen LogP) is 2.37. The Labute approximate surface area is 147 Å². The number of anilines is 1. The first-order chi connectivity index (χ1) is 11.8. The summed E-state index contributed by atoms with van der Waals surface area (Å²) in [6.07, 6.45) is 3.26. The number of hydrogen-bond acceptors (Lipinski definition) is 4. The second kappa shape index (κ2) is 6.51. The second-order valence-electron chi connectivity index (χ2n) is 6.49. The van der Waals surface area contributed by atoms with Crippen LogP contribution < -0.4 is 4.72 Å². The smallest absolute Gasteiger partial charge is 0.274 e. The van der Waals surface area contributed by atoms with E-state index in [9.17, 15) is 13.2 Å². The molecule has 3 rings (SSSR count). The highest BCUT2D eigenvalue weighted by Gasteiger charge is 2.27. The Morgan fingerprint density at radius 1 is 1.16 bits per heavy atom. The van der Waals surface area contributed by atoms with Crippen LogP contribution in [0.1, 0.15) is 40.0 Å². The fraction of sp³-hybridized carbons (Fsp3) is 0.412. The number of benzene rings is 1. The van der Waals surface area contributed by atoms with Crippen molar-refractivity contribution in [3.8, 4) is 0 Å². The van der Waals surface area contributed by atoms with Crippen molar-refractivity contribution in [1.82, 2.24) is 15.1 Å². The van der Waals surface area contributed by atoms with Crippen LogP contribution >= 0.6 is 0 Å². The molecule has 25 heavy (non-hydrogen) atoms. The second-order valence-corrected chi connectivity index (χ2v) is 8.11. The van der Waals surface area contributed by atoms with Gasteiger partial charge in [0, 0.05) is 13.1 Å². The molecule has 0 aliphatic carbocycles. The molecular weight excluding hydrogens is 340 g/mol. The van der Waals surface area contributed by atoms with Gasteiger partial charge < -0.3 is 4.90 Å². The molecule has 2 aromatic rings. The number of aryl methyl sites for hydroxylation is 3. The summed E-state index contributed by atoms with van der Waals surface area (Å²) >= 11 is 0. The van der Waals surface area contributed by atoms with Crippen LogP contribution in [0.3, 0.4) is 0 Å². The number of aromatic amines is 1. The standard InChI is InChI=1S/C17H22N4O3S/c1-11-8-12(2)16(13(3)9-11)25(23,24)20-14-10-18-19-15(14)17(22)21-6-4-5-7-21/h8-10,20H,4-7H2,1-3H3,(H,18,19). The first-order valence-electron chi connectivity index (χ1n) is 8.23. The average Bonchev–Trinajstić information content (AvgIpc) is 3.15. The van der Waals surface area contributed by atoms with Crippen molar-refractivity contribution in [2.24, 2.45) is 0 Å². The number of H-pyrrole nitrogens is 1. The van der Waals surface area contributed by atoms with E-state index >= 15 is 0 Å². The molecule has 0 atom stereocenters. The number of amides is 1. The van der Waals surface area contributed by atoms with Crippen LogP contribution in [0.25, 0.3) is 0 Å². The van der Waals surface area contributed by atoms with Gasteiger partial charge in [-0.2, -0.15) is 5.10 Å². The van der Waals surface area contributed by atoms with E-state index in [0.717, 1.165) is 18.4 Å². The Balaban J connectivity index is 1.93. The van der Waals surface area contributed by atoms with Gasteiger partial charge in [0.05, 0.1) is 16.8 Å². The van der Waals surface area contributed by atoms with Crippen LogP contribution in [-0.4, -0.2) is 42.5 Å². The lowest BCUT2D eigenvalue weighted by molar-refractivity contribution is 0.0788. The Hall–Kier alpha value is -2.35. The zero-order chi connectivity index (χ0) is 18.2. The highest BCUT2D eigenvalue weighted by molar-refractivity contribution is 7.92. The van der Waals surface area contributed by atoms with Crippen LogP contribution in [0.4, 0.5) is 5.69 Å². The SMILES string of the molecule is Cc1cc(C)c(S(=O)(=O)Nc2cn[nH]c2C(=O)N2CCCC2)c(C)c1. The van der Waals surface area contributed by atoms with E-state index in [4.69, 9.17) is 0 Å². The van der Waals surface area contributed by atoms with Crippen LogP contribution in [0, 0.1) is 20.8 Å². The molecule has 0 radical (unpaired) electrons. The fourth-order valence-electron chi connectivity index (χ4n) is 3.39. The Morgan fingerprint density at radius 2 is 1.76 bits per heavy atom. The van der Waals surface area contributed by atoms with Gasteiger partial charge in [-0.05, 0) is 44.7 Å². The first-order valence-corrected chi connectivity index (χ1v) is 9.71. The first kappa shape index (κ1) is 17.5. The molecular formula is C17H22N4O3S. The molecule has 2 heterocycles. The molecule has 2 N–H and O–H groups in total. The van der Waals surface area contributed by atoms with Crippen molar-refractivity contribution in [2.75, 3.05) is 17.8 Å². The highest BCUT2D eigenvalue weighted by Crippen LogP contribution is 2.26. The molecule has 1 aromatic heterocycles. The number of sulfonamides is 1. The van der Waals surface area contributed by atoms with Crippen LogP contribution in [0.15, 0.2) is 23.2 Å². The van der Waals surface area contributed by atoms with E-state index in [0.29, 0.717) is 24.2 Å². The lowest BCUT2D eigenvalue weighted by atomic mass is 10.1. The highest BCUT2D eigenvalue weighted by atomic mass is 32.2. The molecule has 0 spiro atoms. The van der Waals surface area contributed by atoms with Crippen LogP contribution in [0.5, 0.6) is 0 Å². The third-order valence-electron chi connectivity index (χ3n) is 4.36. The average molecular weight is 362 g/mol. The van der Waals surface area contributed by atoms with E-state index in [2.05, 4.69) is 14.9 Å². The van der Waals surface area contributed by atoms with Gasteiger partial charge in [-0.25, -0.2) is 8.42 Å². The number of nitrogens with one attached hydrogen (secondary N) is 2. The van der Waals surface area contributed by atoms with E-state index < -0.39 is 10.0 Å². The summed E-state index contributed by atoms with van der Waals surface area (Å²) in [6.45, 7) is 6.81. The Kier molecular flexibility index (Phi) is 4.55. The normalized spacial score (nSPS) is 14.8. The van der Waals surface area contributed by atoms with Crippen molar-refractivity contribution in [1.29, 1.82) is 0 Å². The number of rotatable bonds is 4. The maximum atomic E-state index is 12.9. The van der Waals surface area contributed by atoms with Crippen molar-refractivity contribution in [2.45, 2.75) is 38.5 Å². The van der Waals surface area contributed by atoms with Gasteiger partial charge in [0.15, 0.2) is 0 Å². The summed E-state index contributed by atoms with van der Waals surface area (Å²) in [5.41, 5.74) is 2.69. The summed E-state index contributed by atoms with van der Waals surface area (Å²) in [4.78, 5) is 14.5. The zero-order valence-corrected chi connectivity index (χ0v) is 15.4. The lowest BCUT2D eigenvalue weighted by Gasteiger charge is -2.16.